The topological polar surface area (TPSA) is 46.0 Å². The number of aromatic nitrogens is 3. The largest absolute Gasteiger partial charge is 0.311 e. The van der Waals surface area contributed by atoms with E-state index >= 15 is 0 Å². The van der Waals surface area contributed by atoms with E-state index in [9.17, 15) is 0 Å². The van der Waals surface area contributed by atoms with E-state index in [4.69, 9.17) is 0 Å². The van der Waals surface area contributed by atoms with Crippen LogP contribution in [0.25, 0.3) is 11.3 Å². The van der Waals surface area contributed by atoms with E-state index < -0.39 is 0 Å². The minimum Gasteiger partial charge on any atom is -0.311 e. The second kappa shape index (κ2) is 6.81. The smallest absolute Gasteiger partial charge is 0.0983 e. The first-order valence-corrected chi connectivity index (χ1v) is 8.42. The lowest BCUT2D eigenvalue weighted by Gasteiger charge is -2.36. The Labute approximate surface area is 138 Å². The number of hydrogen-bond acceptors (Lipinski definition) is 4. The zero-order valence-corrected chi connectivity index (χ0v) is 14.4. The van der Waals surface area contributed by atoms with Crippen LogP contribution in [-0.4, -0.2) is 45.8 Å². The van der Waals surface area contributed by atoms with Crippen molar-refractivity contribution >= 4 is 0 Å². The van der Waals surface area contributed by atoms with E-state index in [0.29, 0.717) is 5.54 Å². The Balaban J connectivity index is 1.69. The van der Waals surface area contributed by atoms with Gasteiger partial charge in [-0.1, -0.05) is 12.8 Å². The molecule has 0 spiro atoms. The number of pyridine rings is 1. The van der Waals surface area contributed by atoms with Crippen molar-refractivity contribution in [1.82, 2.24) is 25.0 Å². The molecule has 5 nitrogen and oxygen atoms in total. The predicted molar refractivity (Wildman–Crippen MR) is 93.0 cm³/mol. The Morgan fingerprint density at radius 1 is 1.30 bits per heavy atom. The van der Waals surface area contributed by atoms with Crippen molar-refractivity contribution in [3.05, 3.63) is 36.3 Å². The van der Waals surface area contributed by atoms with Gasteiger partial charge in [0.1, 0.15) is 0 Å². The van der Waals surface area contributed by atoms with Gasteiger partial charge in [0.15, 0.2) is 0 Å². The Morgan fingerprint density at radius 3 is 2.74 bits per heavy atom. The second-order valence-corrected chi connectivity index (χ2v) is 6.85. The molecular formula is C18H27N5. The lowest BCUT2D eigenvalue weighted by molar-refractivity contribution is 0.153. The van der Waals surface area contributed by atoms with Crippen molar-refractivity contribution in [2.45, 2.75) is 37.8 Å². The summed E-state index contributed by atoms with van der Waals surface area (Å²) in [5.41, 5.74) is 3.65. The van der Waals surface area contributed by atoms with Gasteiger partial charge in [0, 0.05) is 55.4 Å². The minimum absolute atomic E-state index is 0.316. The van der Waals surface area contributed by atoms with Crippen molar-refractivity contribution in [2.24, 2.45) is 7.05 Å². The molecule has 1 aliphatic rings. The summed E-state index contributed by atoms with van der Waals surface area (Å²) in [5.74, 6) is 0. The van der Waals surface area contributed by atoms with Gasteiger partial charge in [-0.25, -0.2) is 0 Å². The van der Waals surface area contributed by atoms with E-state index in [0.717, 1.165) is 24.3 Å². The fourth-order valence-corrected chi connectivity index (χ4v) is 3.66. The fraction of sp³-hybridized carbons (Fsp3) is 0.556. The molecule has 0 amide bonds. The normalized spacial score (nSPS) is 17.0. The second-order valence-electron chi connectivity index (χ2n) is 6.85. The van der Waals surface area contributed by atoms with E-state index in [1.807, 2.05) is 24.0 Å². The van der Waals surface area contributed by atoms with Crippen LogP contribution in [0, 0.1) is 0 Å². The first-order valence-electron chi connectivity index (χ1n) is 8.42. The molecule has 1 N–H and O–H groups in total. The highest BCUT2D eigenvalue weighted by molar-refractivity contribution is 5.61. The van der Waals surface area contributed by atoms with Crippen LogP contribution in [0.4, 0.5) is 0 Å². The molecule has 0 aliphatic heterocycles. The predicted octanol–water partition coefficient (Wildman–Crippen LogP) is 2.45. The summed E-state index contributed by atoms with van der Waals surface area (Å²) in [4.78, 5) is 6.61. The van der Waals surface area contributed by atoms with Crippen molar-refractivity contribution in [2.75, 3.05) is 20.6 Å². The van der Waals surface area contributed by atoms with E-state index in [-0.39, 0.29) is 0 Å². The molecule has 23 heavy (non-hydrogen) atoms. The zero-order chi connectivity index (χ0) is 16.3. The van der Waals surface area contributed by atoms with E-state index in [1.54, 1.807) is 6.20 Å². The Kier molecular flexibility index (Phi) is 4.78. The zero-order valence-electron chi connectivity index (χ0n) is 14.4. The van der Waals surface area contributed by atoms with Gasteiger partial charge in [-0.3, -0.25) is 9.67 Å². The van der Waals surface area contributed by atoms with Crippen LogP contribution in [0.2, 0.25) is 0 Å². The molecule has 5 heteroatoms. The third kappa shape index (κ3) is 3.46. The van der Waals surface area contributed by atoms with Crippen molar-refractivity contribution < 1.29 is 0 Å². The third-order valence-electron chi connectivity index (χ3n) is 5.09. The van der Waals surface area contributed by atoms with Gasteiger partial charge >= 0.3 is 0 Å². The van der Waals surface area contributed by atoms with Gasteiger partial charge in [0.2, 0.25) is 0 Å². The van der Waals surface area contributed by atoms with Gasteiger partial charge in [0.25, 0.3) is 0 Å². The monoisotopic (exact) mass is 313 g/mol. The number of hydrogen-bond donors (Lipinski definition) is 1. The molecule has 1 fully saturated rings. The van der Waals surface area contributed by atoms with Gasteiger partial charge in [-0.15, -0.1) is 0 Å². The standard InChI is InChI=1S/C18H27N5/c1-22(2)18(8-4-5-9-18)14-20-12-16-13-23(3)21-17(16)15-7-6-10-19-11-15/h6-7,10-11,13,20H,4-5,8-9,12,14H2,1-3H3. The molecule has 3 rings (SSSR count). The quantitative estimate of drug-likeness (QED) is 0.890. The highest BCUT2D eigenvalue weighted by Gasteiger charge is 2.35. The number of nitrogens with zero attached hydrogens (tertiary/aromatic N) is 4. The Bertz CT molecular complexity index is 626. The molecule has 124 valence electrons. The van der Waals surface area contributed by atoms with Crippen LogP contribution in [-0.2, 0) is 13.6 Å². The summed E-state index contributed by atoms with van der Waals surface area (Å²) < 4.78 is 1.89. The summed E-state index contributed by atoms with van der Waals surface area (Å²) in [7, 11) is 6.39. The summed E-state index contributed by atoms with van der Waals surface area (Å²) in [6.07, 6.45) is 11.0. The molecule has 0 bridgehead atoms. The van der Waals surface area contributed by atoms with E-state index in [2.05, 4.69) is 46.7 Å². The van der Waals surface area contributed by atoms with E-state index in [1.165, 1.54) is 31.2 Å². The number of likely N-dealkylation sites (N-methyl/N-ethyl adjacent to an activating group) is 1. The molecule has 0 radical (unpaired) electrons. The molecule has 2 aromatic rings. The first kappa shape index (κ1) is 16.1. The average molecular weight is 313 g/mol. The van der Waals surface area contributed by atoms with Gasteiger partial charge in [-0.05, 0) is 39.1 Å². The lowest BCUT2D eigenvalue weighted by atomic mass is 9.96. The molecule has 0 aromatic carbocycles. The summed E-state index contributed by atoms with van der Waals surface area (Å²) in [5, 5.41) is 8.28. The third-order valence-corrected chi connectivity index (χ3v) is 5.09. The number of aryl methyl sites for hydroxylation is 1. The van der Waals surface area contributed by atoms with Crippen LogP contribution >= 0.6 is 0 Å². The first-order chi connectivity index (χ1) is 11.1. The highest BCUT2D eigenvalue weighted by atomic mass is 15.3. The highest BCUT2D eigenvalue weighted by Crippen LogP contribution is 2.33. The number of rotatable bonds is 6. The van der Waals surface area contributed by atoms with Gasteiger partial charge < -0.3 is 10.2 Å². The van der Waals surface area contributed by atoms with Crippen molar-refractivity contribution in [3.63, 3.8) is 0 Å². The molecule has 1 saturated carbocycles. The SMILES string of the molecule is CN(C)C1(CNCc2cn(C)nc2-c2cccnc2)CCCC1. The van der Waals surface area contributed by atoms with Crippen LogP contribution < -0.4 is 5.32 Å². The van der Waals surface area contributed by atoms with Crippen molar-refractivity contribution in [3.8, 4) is 11.3 Å². The summed E-state index contributed by atoms with van der Waals surface area (Å²) >= 11 is 0. The molecule has 2 heterocycles. The van der Waals surface area contributed by atoms with Crippen LogP contribution in [0.5, 0.6) is 0 Å². The molecule has 1 aliphatic carbocycles. The number of nitrogens with one attached hydrogen (secondary N) is 1. The van der Waals surface area contributed by atoms with Crippen LogP contribution in [0.1, 0.15) is 31.2 Å². The Morgan fingerprint density at radius 2 is 2.09 bits per heavy atom. The maximum atomic E-state index is 4.61. The van der Waals surface area contributed by atoms with Crippen LogP contribution in [0.15, 0.2) is 30.7 Å². The molecule has 0 unspecified atom stereocenters. The average Bonchev–Trinajstić information content (AvgIpc) is 3.16. The maximum absolute atomic E-state index is 4.61. The molecular weight excluding hydrogens is 286 g/mol. The van der Waals surface area contributed by atoms with Crippen molar-refractivity contribution in [1.29, 1.82) is 0 Å². The summed E-state index contributed by atoms with van der Waals surface area (Å²) in [6, 6.07) is 4.03. The summed E-state index contributed by atoms with van der Waals surface area (Å²) in [6.45, 7) is 1.87. The van der Waals surface area contributed by atoms with Gasteiger partial charge in [0.05, 0.1) is 5.69 Å². The molecule has 0 saturated heterocycles. The van der Waals surface area contributed by atoms with Crippen LogP contribution in [0.3, 0.4) is 0 Å². The van der Waals surface area contributed by atoms with Gasteiger partial charge in [-0.2, -0.15) is 5.10 Å². The minimum atomic E-state index is 0.316. The fourth-order valence-electron chi connectivity index (χ4n) is 3.66. The Hall–Kier alpha value is -1.72. The molecule has 0 atom stereocenters. The molecule has 2 aromatic heterocycles. The maximum Gasteiger partial charge on any atom is 0.0983 e. The lowest BCUT2D eigenvalue weighted by Crippen LogP contribution is -2.49.